The molecule has 0 aliphatic heterocycles. The molecule has 0 atom stereocenters. The number of hydrogen-bond donors (Lipinski definition) is 2. The van der Waals surface area contributed by atoms with Crippen LogP contribution in [0, 0.1) is 0 Å². The lowest BCUT2D eigenvalue weighted by Gasteiger charge is -2.07. The quantitative estimate of drug-likeness (QED) is 0.601. The number of amides is 2. The summed E-state index contributed by atoms with van der Waals surface area (Å²) in [5, 5.41) is 19.7. The predicted molar refractivity (Wildman–Crippen MR) is 100 cm³/mol. The second-order valence-electron chi connectivity index (χ2n) is 5.25. The van der Waals surface area contributed by atoms with E-state index in [1.165, 1.54) is 23.4 Å². The van der Waals surface area contributed by atoms with Gasteiger partial charge in [0.2, 0.25) is 17.0 Å². The largest absolute Gasteiger partial charge is 0.350 e. The standard InChI is InChI=1S/C16H16N6O2S2/c1-11(23)18-12-4-2-5-13(8-12)22-16(19-20-21-22)26-10-15(24)17-9-14-6-3-7-25-14/h2-8H,9-10H2,1H3,(H,17,24)(H,18,23). The van der Waals surface area contributed by atoms with E-state index in [9.17, 15) is 9.59 Å². The Labute approximate surface area is 158 Å². The van der Waals surface area contributed by atoms with Gasteiger partial charge in [0.05, 0.1) is 18.0 Å². The average Bonchev–Trinajstić information content (AvgIpc) is 3.29. The van der Waals surface area contributed by atoms with Crippen molar-refractivity contribution in [1.82, 2.24) is 25.5 Å². The minimum absolute atomic E-state index is 0.0926. The molecule has 0 fully saturated rings. The minimum atomic E-state index is -0.157. The summed E-state index contributed by atoms with van der Waals surface area (Å²) in [6.07, 6.45) is 0. The molecular weight excluding hydrogens is 372 g/mol. The zero-order chi connectivity index (χ0) is 18.4. The number of nitrogens with one attached hydrogen (secondary N) is 2. The molecule has 0 saturated heterocycles. The van der Waals surface area contributed by atoms with Gasteiger partial charge in [-0.05, 0) is 40.1 Å². The fraction of sp³-hybridized carbons (Fsp3) is 0.188. The number of rotatable bonds is 7. The molecule has 2 heterocycles. The molecule has 0 saturated carbocycles. The van der Waals surface area contributed by atoms with E-state index >= 15 is 0 Å². The van der Waals surface area contributed by atoms with Crippen LogP contribution in [0.4, 0.5) is 5.69 Å². The highest BCUT2D eigenvalue weighted by atomic mass is 32.2. The van der Waals surface area contributed by atoms with Crippen molar-refractivity contribution in [2.24, 2.45) is 0 Å². The molecule has 0 bridgehead atoms. The second-order valence-corrected chi connectivity index (χ2v) is 7.22. The van der Waals surface area contributed by atoms with Crippen LogP contribution in [-0.4, -0.2) is 37.8 Å². The lowest BCUT2D eigenvalue weighted by atomic mass is 10.3. The monoisotopic (exact) mass is 388 g/mol. The maximum absolute atomic E-state index is 12.0. The Bertz CT molecular complexity index is 894. The zero-order valence-electron chi connectivity index (χ0n) is 13.9. The van der Waals surface area contributed by atoms with Gasteiger partial charge < -0.3 is 10.6 Å². The Balaban J connectivity index is 1.61. The van der Waals surface area contributed by atoms with Crippen LogP contribution in [0.3, 0.4) is 0 Å². The number of thioether (sulfide) groups is 1. The fourth-order valence-corrected chi connectivity index (χ4v) is 3.49. The summed E-state index contributed by atoms with van der Waals surface area (Å²) in [5.41, 5.74) is 1.35. The van der Waals surface area contributed by atoms with E-state index in [0.29, 0.717) is 23.1 Å². The molecular formula is C16H16N6O2S2. The number of thiophene rings is 1. The van der Waals surface area contributed by atoms with Crippen molar-refractivity contribution in [2.75, 3.05) is 11.1 Å². The fourth-order valence-electron chi connectivity index (χ4n) is 2.13. The molecule has 2 amide bonds. The van der Waals surface area contributed by atoms with Gasteiger partial charge in [-0.2, -0.15) is 4.68 Å². The van der Waals surface area contributed by atoms with Gasteiger partial charge in [0.15, 0.2) is 0 Å². The number of nitrogens with zero attached hydrogens (tertiary/aromatic N) is 4. The number of hydrogen-bond acceptors (Lipinski definition) is 7. The van der Waals surface area contributed by atoms with Crippen LogP contribution in [0.1, 0.15) is 11.8 Å². The first-order chi connectivity index (χ1) is 12.6. The maximum atomic E-state index is 12.0. The van der Waals surface area contributed by atoms with Crippen molar-refractivity contribution in [3.63, 3.8) is 0 Å². The third-order valence-electron chi connectivity index (χ3n) is 3.22. The average molecular weight is 388 g/mol. The molecule has 26 heavy (non-hydrogen) atoms. The first-order valence-corrected chi connectivity index (χ1v) is 9.56. The summed E-state index contributed by atoms with van der Waals surface area (Å²) in [6.45, 7) is 1.96. The topological polar surface area (TPSA) is 102 Å². The van der Waals surface area contributed by atoms with E-state index in [1.807, 2.05) is 23.6 Å². The van der Waals surface area contributed by atoms with Gasteiger partial charge >= 0.3 is 0 Å². The lowest BCUT2D eigenvalue weighted by molar-refractivity contribution is -0.118. The van der Waals surface area contributed by atoms with E-state index in [2.05, 4.69) is 26.2 Å². The first kappa shape index (κ1) is 18.1. The summed E-state index contributed by atoms with van der Waals surface area (Å²) in [5.74, 6) is -0.0437. The van der Waals surface area contributed by atoms with Crippen molar-refractivity contribution in [3.8, 4) is 5.69 Å². The van der Waals surface area contributed by atoms with E-state index in [1.54, 1.807) is 29.5 Å². The number of anilines is 1. The van der Waals surface area contributed by atoms with Crippen molar-refractivity contribution in [1.29, 1.82) is 0 Å². The zero-order valence-corrected chi connectivity index (χ0v) is 15.5. The summed E-state index contributed by atoms with van der Waals surface area (Å²) in [4.78, 5) is 24.3. The molecule has 2 aromatic heterocycles. The van der Waals surface area contributed by atoms with Gasteiger partial charge in [0, 0.05) is 17.5 Å². The molecule has 0 unspecified atom stereocenters. The Morgan fingerprint density at radius 1 is 1.27 bits per heavy atom. The Morgan fingerprint density at radius 2 is 2.15 bits per heavy atom. The molecule has 2 N–H and O–H groups in total. The van der Waals surface area contributed by atoms with Gasteiger partial charge in [-0.15, -0.1) is 16.4 Å². The summed E-state index contributed by atoms with van der Waals surface area (Å²) >= 11 is 2.84. The number of tetrazole rings is 1. The van der Waals surface area contributed by atoms with Gasteiger partial charge in [-0.3, -0.25) is 9.59 Å². The molecule has 8 nitrogen and oxygen atoms in total. The molecule has 0 spiro atoms. The first-order valence-electron chi connectivity index (χ1n) is 7.70. The van der Waals surface area contributed by atoms with Gasteiger partial charge in [0.1, 0.15) is 0 Å². The van der Waals surface area contributed by atoms with Gasteiger partial charge in [-0.25, -0.2) is 0 Å². The molecule has 0 aliphatic rings. The number of carbonyl (C=O) groups excluding carboxylic acids is 2. The predicted octanol–water partition coefficient (Wildman–Crippen LogP) is 2.09. The van der Waals surface area contributed by atoms with Crippen LogP contribution >= 0.6 is 23.1 Å². The second kappa shape index (κ2) is 8.59. The van der Waals surface area contributed by atoms with Crippen molar-refractivity contribution in [3.05, 3.63) is 46.7 Å². The third kappa shape index (κ3) is 4.90. The van der Waals surface area contributed by atoms with Gasteiger partial charge in [-0.1, -0.05) is 23.9 Å². The van der Waals surface area contributed by atoms with Crippen LogP contribution in [0.2, 0.25) is 0 Å². The summed E-state index contributed by atoms with van der Waals surface area (Å²) in [6, 6.07) is 11.1. The van der Waals surface area contributed by atoms with Crippen molar-refractivity contribution >= 4 is 40.6 Å². The SMILES string of the molecule is CC(=O)Nc1cccc(-n2nnnc2SCC(=O)NCc2cccs2)c1. The van der Waals surface area contributed by atoms with E-state index in [4.69, 9.17) is 0 Å². The van der Waals surface area contributed by atoms with Crippen LogP contribution in [-0.2, 0) is 16.1 Å². The van der Waals surface area contributed by atoms with Crippen molar-refractivity contribution < 1.29 is 9.59 Å². The minimum Gasteiger partial charge on any atom is -0.350 e. The summed E-state index contributed by atoms with van der Waals surface area (Å²) in [7, 11) is 0. The Morgan fingerprint density at radius 3 is 2.92 bits per heavy atom. The van der Waals surface area contributed by atoms with Crippen molar-refractivity contribution in [2.45, 2.75) is 18.6 Å². The Hall–Kier alpha value is -2.72. The smallest absolute Gasteiger partial charge is 0.230 e. The van der Waals surface area contributed by atoms with Gasteiger partial charge in [0.25, 0.3) is 0 Å². The van der Waals surface area contributed by atoms with Crippen LogP contribution < -0.4 is 10.6 Å². The highest BCUT2D eigenvalue weighted by molar-refractivity contribution is 7.99. The van der Waals surface area contributed by atoms with Crippen LogP contribution in [0.5, 0.6) is 0 Å². The number of aromatic nitrogens is 4. The molecule has 134 valence electrons. The molecule has 3 aromatic rings. The highest BCUT2D eigenvalue weighted by Gasteiger charge is 2.12. The number of carbonyl (C=O) groups is 2. The molecule has 1 aromatic carbocycles. The van der Waals surface area contributed by atoms with E-state index in [0.717, 1.165) is 4.88 Å². The Kier molecular flexibility index (Phi) is 5.97. The van der Waals surface area contributed by atoms with E-state index < -0.39 is 0 Å². The number of benzene rings is 1. The lowest BCUT2D eigenvalue weighted by Crippen LogP contribution is -2.24. The normalized spacial score (nSPS) is 10.5. The molecule has 3 rings (SSSR count). The van der Waals surface area contributed by atoms with Crippen LogP contribution in [0.25, 0.3) is 5.69 Å². The third-order valence-corrected chi connectivity index (χ3v) is 5.02. The van der Waals surface area contributed by atoms with Crippen LogP contribution in [0.15, 0.2) is 46.9 Å². The maximum Gasteiger partial charge on any atom is 0.230 e. The highest BCUT2D eigenvalue weighted by Crippen LogP contribution is 2.20. The molecule has 0 radical (unpaired) electrons. The summed E-state index contributed by atoms with van der Waals surface area (Å²) < 4.78 is 1.53. The van der Waals surface area contributed by atoms with E-state index in [-0.39, 0.29) is 17.6 Å². The molecule has 10 heteroatoms. The molecule has 0 aliphatic carbocycles.